The van der Waals surface area contributed by atoms with Crippen molar-refractivity contribution < 1.29 is 0 Å². The molecule has 2 aromatic heterocycles. The smallest absolute Gasteiger partial charge is 0.160 e. The summed E-state index contributed by atoms with van der Waals surface area (Å²) in [6.45, 7) is 0. The minimum Gasteiger partial charge on any atom is -0.228 e. The molecule has 0 spiro atoms. The first-order valence-electron chi connectivity index (χ1n) is 17.2. The van der Waals surface area contributed by atoms with E-state index in [-0.39, 0.29) is 0 Å². The Labute approximate surface area is 300 Å². The fourth-order valence-electron chi connectivity index (χ4n) is 7.45. The van der Waals surface area contributed by atoms with Gasteiger partial charge in [0.15, 0.2) is 5.82 Å². The highest BCUT2D eigenvalue weighted by Gasteiger charge is 2.19. The van der Waals surface area contributed by atoms with Crippen molar-refractivity contribution in [1.29, 1.82) is 0 Å². The molecule has 2 nitrogen and oxygen atoms in total. The van der Waals surface area contributed by atoms with Gasteiger partial charge in [0.1, 0.15) is 0 Å². The molecule has 0 bridgehead atoms. The molecule has 2 heterocycles. The summed E-state index contributed by atoms with van der Waals surface area (Å²) in [5, 5.41) is 7.58. The second-order valence-corrected chi connectivity index (χ2v) is 14.0. The van der Waals surface area contributed by atoms with Crippen LogP contribution in [0.4, 0.5) is 0 Å². The molecule has 10 rings (SSSR count). The maximum atomic E-state index is 5.22. The Morgan fingerprint density at radius 1 is 0.353 bits per heavy atom. The maximum Gasteiger partial charge on any atom is 0.160 e. The molecular formula is C48H30N2S. The van der Waals surface area contributed by atoms with E-state index >= 15 is 0 Å². The second-order valence-electron chi connectivity index (χ2n) is 12.9. The van der Waals surface area contributed by atoms with Gasteiger partial charge in [-0.05, 0) is 62.0 Å². The van der Waals surface area contributed by atoms with Crippen molar-refractivity contribution in [2.75, 3.05) is 0 Å². The van der Waals surface area contributed by atoms with Crippen LogP contribution in [0.15, 0.2) is 182 Å². The van der Waals surface area contributed by atoms with E-state index < -0.39 is 0 Å². The lowest BCUT2D eigenvalue weighted by Gasteiger charge is -2.13. The first kappa shape index (κ1) is 29.5. The lowest BCUT2D eigenvalue weighted by atomic mass is 9.92. The van der Waals surface area contributed by atoms with Crippen LogP contribution in [0.2, 0.25) is 0 Å². The van der Waals surface area contributed by atoms with Crippen LogP contribution in [-0.4, -0.2) is 9.97 Å². The quantitative estimate of drug-likeness (QED) is 0.171. The minimum atomic E-state index is 0.723. The molecule has 0 N–H and O–H groups in total. The van der Waals surface area contributed by atoms with Crippen LogP contribution in [0.5, 0.6) is 0 Å². The lowest BCUT2D eigenvalue weighted by Crippen LogP contribution is -1.96. The summed E-state index contributed by atoms with van der Waals surface area (Å²) in [6, 6.07) is 65.0. The highest BCUT2D eigenvalue weighted by molar-refractivity contribution is 7.26. The van der Waals surface area contributed by atoms with Gasteiger partial charge in [-0.3, -0.25) is 0 Å². The van der Waals surface area contributed by atoms with E-state index in [2.05, 4.69) is 158 Å². The fourth-order valence-corrected chi connectivity index (χ4v) is 8.71. The summed E-state index contributed by atoms with van der Waals surface area (Å²) >= 11 is 1.85. The molecule has 0 fully saturated rings. The fraction of sp³-hybridized carbons (Fsp3) is 0. The van der Waals surface area contributed by atoms with Gasteiger partial charge in [-0.25, -0.2) is 9.97 Å². The summed E-state index contributed by atoms with van der Waals surface area (Å²) in [7, 11) is 0. The molecular weight excluding hydrogens is 637 g/mol. The van der Waals surface area contributed by atoms with E-state index in [1.807, 2.05) is 35.6 Å². The normalized spacial score (nSPS) is 11.5. The predicted octanol–water partition coefficient (Wildman–Crippen LogP) is 13.5. The van der Waals surface area contributed by atoms with Crippen LogP contribution in [0.3, 0.4) is 0 Å². The van der Waals surface area contributed by atoms with Crippen LogP contribution < -0.4 is 0 Å². The molecule has 238 valence electrons. The summed E-state index contributed by atoms with van der Waals surface area (Å²) in [5.74, 6) is 0.723. The Balaban J connectivity index is 1.15. The zero-order chi connectivity index (χ0) is 33.7. The van der Waals surface area contributed by atoms with Crippen molar-refractivity contribution in [1.82, 2.24) is 9.97 Å². The highest BCUT2D eigenvalue weighted by Crippen LogP contribution is 2.45. The van der Waals surface area contributed by atoms with E-state index in [1.54, 1.807) is 0 Å². The topological polar surface area (TPSA) is 25.8 Å². The Bertz CT molecular complexity index is 2830. The summed E-state index contributed by atoms with van der Waals surface area (Å²) in [4.78, 5) is 10.3. The molecule has 3 heteroatoms. The summed E-state index contributed by atoms with van der Waals surface area (Å²) in [6.07, 6.45) is 0. The average molecular weight is 667 g/mol. The molecule has 0 aliphatic heterocycles. The van der Waals surface area contributed by atoms with Gasteiger partial charge >= 0.3 is 0 Å². The third-order valence-corrected chi connectivity index (χ3v) is 11.1. The number of aromatic nitrogens is 2. The standard InChI is InChI=1S/C48H30N2S/c1-3-13-33(14-4-1)43-30-44(50-48(49-43)34-15-5-2-6-16-34)40-28-27-37(47-46(40)41-21-11-12-22-45(41)51-47)31-23-25-32(26-24-31)42-29-35-17-7-8-18-36(35)38-19-9-10-20-39(38)42/h1-30H. The van der Waals surface area contributed by atoms with Crippen molar-refractivity contribution in [3.8, 4) is 56.2 Å². The Morgan fingerprint density at radius 2 is 0.922 bits per heavy atom. The molecule has 8 aromatic carbocycles. The average Bonchev–Trinajstić information content (AvgIpc) is 3.61. The number of hydrogen-bond acceptors (Lipinski definition) is 3. The molecule has 0 aliphatic rings. The van der Waals surface area contributed by atoms with Gasteiger partial charge in [0.25, 0.3) is 0 Å². The zero-order valence-electron chi connectivity index (χ0n) is 27.6. The third kappa shape index (κ3) is 5.10. The molecule has 0 saturated carbocycles. The number of hydrogen-bond donors (Lipinski definition) is 0. The van der Waals surface area contributed by atoms with Gasteiger partial charge in [-0.2, -0.15) is 0 Å². The largest absolute Gasteiger partial charge is 0.228 e. The van der Waals surface area contributed by atoms with Crippen LogP contribution in [0.1, 0.15) is 0 Å². The van der Waals surface area contributed by atoms with Gasteiger partial charge < -0.3 is 0 Å². The van der Waals surface area contributed by atoms with E-state index in [9.17, 15) is 0 Å². The minimum absolute atomic E-state index is 0.723. The molecule has 0 unspecified atom stereocenters. The number of fused-ring (bicyclic) bond motifs is 6. The second kappa shape index (κ2) is 12.2. The van der Waals surface area contributed by atoms with Crippen LogP contribution in [0.25, 0.3) is 97.9 Å². The van der Waals surface area contributed by atoms with Gasteiger partial charge in [-0.15, -0.1) is 11.3 Å². The highest BCUT2D eigenvalue weighted by atomic mass is 32.1. The SMILES string of the molecule is c1ccc(-c2cc(-c3ccc(-c4ccc(-c5cc6ccccc6c6ccccc56)cc4)c4sc5ccccc5c34)nc(-c3ccccc3)n2)cc1. The number of thiophene rings is 1. The van der Waals surface area contributed by atoms with Gasteiger partial charge in [0, 0.05) is 36.9 Å². The lowest BCUT2D eigenvalue weighted by molar-refractivity contribution is 1.19. The van der Waals surface area contributed by atoms with Gasteiger partial charge in [-0.1, -0.05) is 164 Å². The molecule has 0 amide bonds. The maximum absolute atomic E-state index is 5.22. The first-order chi connectivity index (χ1) is 25.3. The predicted molar refractivity (Wildman–Crippen MR) is 217 cm³/mol. The number of nitrogens with zero attached hydrogens (tertiary/aromatic N) is 2. The van der Waals surface area contributed by atoms with Crippen LogP contribution in [0, 0.1) is 0 Å². The molecule has 0 aliphatic carbocycles. The van der Waals surface area contributed by atoms with Crippen molar-refractivity contribution in [2.24, 2.45) is 0 Å². The Hall–Kier alpha value is -6.42. The van der Waals surface area contributed by atoms with Crippen molar-refractivity contribution in [2.45, 2.75) is 0 Å². The Morgan fingerprint density at radius 3 is 1.69 bits per heavy atom. The summed E-state index contributed by atoms with van der Waals surface area (Å²) in [5.41, 5.74) is 9.91. The molecule has 0 atom stereocenters. The number of rotatable bonds is 5. The molecule has 10 aromatic rings. The molecule has 51 heavy (non-hydrogen) atoms. The van der Waals surface area contributed by atoms with E-state index in [0.29, 0.717) is 0 Å². The zero-order valence-corrected chi connectivity index (χ0v) is 28.4. The molecule has 0 saturated heterocycles. The van der Waals surface area contributed by atoms with Crippen LogP contribution in [-0.2, 0) is 0 Å². The first-order valence-corrected chi connectivity index (χ1v) is 18.1. The van der Waals surface area contributed by atoms with E-state index in [1.165, 1.54) is 64.0 Å². The van der Waals surface area contributed by atoms with E-state index in [0.717, 1.165) is 33.9 Å². The van der Waals surface area contributed by atoms with Crippen molar-refractivity contribution >= 4 is 53.1 Å². The monoisotopic (exact) mass is 666 g/mol. The third-order valence-electron chi connectivity index (χ3n) is 9.90. The summed E-state index contributed by atoms with van der Waals surface area (Å²) < 4.78 is 2.53. The van der Waals surface area contributed by atoms with E-state index in [4.69, 9.17) is 9.97 Å². The molecule has 0 radical (unpaired) electrons. The Kier molecular flexibility index (Phi) is 7.04. The van der Waals surface area contributed by atoms with Crippen molar-refractivity contribution in [3.05, 3.63) is 182 Å². The van der Waals surface area contributed by atoms with Crippen molar-refractivity contribution in [3.63, 3.8) is 0 Å². The van der Waals surface area contributed by atoms with Gasteiger partial charge in [0.2, 0.25) is 0 Å². The van der Waals surface area contributed by atoms with Crippen LogP contribution >= 0.6 is 11.3 Å². The number of benzene rings is 8. The van der Waals surface area contributed by atoms with Gasteiger partial charge in [0.05, 0.1) is 11.4 Å².